The monoisotopic (exact) mass is 881 g/mol. The van der Waals surface area contributed by atoms with Gasteiger partial charge in [-0.1, -0.05) is 39.0 Å². The number of rotatable bonds is 20. The van der Waals surface area contributed by atoms with Crippen molar-refractivity contribution in [3.63, 3.8) is 0 Å². The van der Waals surface area contributed by atoms with Gasteiger partial charge in [0, 0.05) is 55.3 Å². The summed E-state index contributed by atoms with van der Waals surface area (Å²) in [6.45, 7) is 15.0. The zero-order chi connectivity index (χ0) is 44.5. The van der Waals surface area contributed by atoms with Crippen LogP contribution in [0.2, 0.25) is 0 Å². The van der Waals surface area contributed by atoms with Crippen LogP contribution < -0.4 is 9.64 Å². The van der Waals surface area contributed by atoms with Gasteiger partial charge in [-0.15, -0.1) is 0 Å². The second-order valence-electron chi connectivity index (χ2n) is 16.6. The van der Waals surface area contributed by atoms with E-state index >= 15 is 0 Å². The summed E-state index contributed by atoms with van der Waals surface area (Å²) in [5.41, 5.74) is 9.34. The zero-order valence-corrected chi connectivity index (χ0v) is 38.6. The van der Waals surface area contributed by atoms with E-state index in [9.17, 15) is 13.0 Å². The number of hydrogen-bond donors (Lipinski definition) is 0. The van der Waals surface area contributed by atoms with Crippen LogP contribution in [0.3, 0.4) is 0 Å². The predicted octanol–water partition coefficient (Wildman–Crippen LogP) is 9.27. The Morgan fingerprint density at radius 1 is 0.855 bits per heavy atom. The number of aliphatic imine (C=N–C) groups is 1. The molecular weight excluding hydrogens is 823 g/mol. The first-order valence-corrected chi connectivity index (χ1v) is 23.0. The maximum Gasteiger partial charge on any atom is 0.209 e. The van der Waals surface area contributed by atoms with Gasteiger partial charge in [0.15, 0.2) is 12.3 Å². The second kappa shape index (κ2) is 20.7. The highest BCUT2D eigenvalue weighted by Gasteiger charge is 2.45. The highest BCUT2D eigenvalue weighted by Crippen LogP contribution is 2.48. The summed E-state index contributed by atoms with van der Waals surface area (Å²) in [5.74, 6) is 1.43. The molecule has 0 spiro atoms. The lowest BCUT2D eigenvalue weighted by Gasteiger charge is -2.27. The Morgan fingerprint density at radius 3 is 2.26 bits per heavy atom. The van der Waals surface area contributed by atoms with Crippen LogP contribution >= 0.6 is 12.2 Å². The van der Waals surface area contributed by atoms with Crippen LogP contribution in [0.5, 0.6) is 5.75 Å². The molecule has 3 aliphatic rings. The number of thiocarbonyl (C=S) groups is 1. The van der Waals surface area contributed by atoms with E-state index in [-0.39, 0.29) is 10.3 Å². The van der Waals surface area contributed by atoms with Crippen LogP contribution in [-0.2, 0) is 46.3 Å². The normalized spacial score (nSPS) is 18.2. The van der Waals surface area contributed by atoms with E-state index in [0.29, 0.717) is 64.2 Å². The van der Waals surface area contributed by atoms with E-state index in [1.54, 1.807) is 20.3 Å². The molecule has 3 aromatic rings. The molecule has 13 heteroatoms. The van der Waals surface area contributed by atoms with Gasteiger partial charge in [0.2, 0.25) is 5.69 Å². The van der Waals surface area contributed by atoms with E-state index in [2.05, 4.69) is 82.9 Å². The quantitative estimate of drug-likeness (QED) is 0.0357. The Morgan fingerprint density at radius 2 is 1.58 bits per heavy atom. The first-order chi connectivity index (χ1) is 29.7. The first kappa shape index (κ1) is 46.9. The minimum atomic E-state index is -4.66. The van der Waals surface area contributed by atoms with E-state index in [4.69, 9.17) is 35.9 Å². The van der Waals surface area contributed by atoms with Gasteiger partial charge >= 0.3 is 0 Å². The average molecular weight is 882 g/mol. The first-order valence-electron chi connectivity index (χ1n) is 21.2. The van der Waals surface area contributed by atoms with Crippen molar-refractivity contribution in [1.29, 1.82) is 0 Å². The number of isothiocyanates is 1. The van der Waals surface area contributed by atoms with Gasteiger partial charge in [0.1, 0.15) is 28.2 Å². The third kappa shape index (κ3) is 10.6. The molecule has 0 N–H and O–H groups in total. The Balaban J connectivity index is 1.44. The van der Waals surface area contributed by atoms with Gasteiger partial charge < -0.3 is 33.1 Å². The van der Waals surface area contributed by atoms with E-state index in [0.717, 1.165) is 59.6 Å². The number of nitrogens with zero attached hydrogens (tertiary/aromatic N) is 3. The summed E-state index contributed by atoms with van der Waals surface area (Å²) < 4.78 is 67.8. The summed E-state index contributed by atoms with van der Waals surface area (Å²) in [6.07, 6.45) is 12.1. The number of hydrogen-bond acceptors (Lipinski definition) is 11. The Labute approximate surface area is 372 Å². The van der Waals surface area contributed by atoms with Crippen molar-refractivity contribution in [2.75, 3.05) is 71.9 Å². The molecule has 0 atom stereocenters. The molecule has 0 unspecified atom stereocenters. The third-order valence-corrected chi connectivity index (χ3v) is 12.8. The molecule has 0 radical (unpaired) electrons. The number of fused-ring (bicyclic) bond motifs is 2. The molecule has 0 fully saturated rings. The maximum atomic E-state index is 12.2. The van der Waals surface area contributed by atoms with E-state index < -0.39 is 15.5 Å². The molecule has 330 valence electrons. The van der Waals surface area contributed by atoms with Gasteiger partial charge in [-0.25, -0.2) is 8.42 Å². The van der Waals surface area contributed by atoms with Crippen molar-refractivity contribution < 1.29 is 41.2 Å². The van der Waals surface area contributed by atoms with Crippen LogP contribution in [0.4, 0.5) is 17.1 Å². The molecule has 6 rings (SSSR count). The SMILES string of the molecule is CCc1ccc2c(c1)C(C)(C)C(=CC=C1CCCC(C=CC3=[N+](CCOCCOC)c4ccc(S(=O)(=O)[O-])cc4C3(C)C)=C1Oc1ccc(N=C=S)cc1)N2CCOCCOC. The van der Waals surface area contributed by atoms with Crippen LogP contribution in [-0.4, -0.2) is 95.4 Å². The molecule has 1 aliphatic carbocycles. The van der Waals surface area contributed by atoms with Crippen molar-refractivity contribution >= 4 is 50.3 Å². The number of anilines is 1. The minimum Gasteiger partial charge on any atom is -0.744 e. The molecule has 0 bridgehead atoms. The average Bonchev–Trinajstić information content (AvgIpc) is 3.59. The summed E-state index contributed by atoms with van der Waals surface area (Å²) in [5, 5.41) is 2.43. The molecule has 2 aliphatic heterocycles. The maximum absolute atomic E-state index is 12.2. The van der Waals surface area contributed by atoms with Gasteiger partial charge in [-0.2, -0.15) is 9.57 Å². The second-order valence-corrected chi connectivity index (χ2v) is 18.1. The largest absolute Gasteiger partial charge is 0.744 e. The lowest BCUT2D eigenvalue weighted by Crippen LogP contribution is -2.29. The number of benzene rings is 3. The molecule has 3 aromatic carbocycles. The molecule has 62 heavy (non-hydrogen) atoms. The fourth-order valence-corrected chi connectivity index (χ4v) is 9.11. The van der Waals surface area contributed by atoms with Crippen molar-refractivity contribution in [2.45, 2.75) is 76.0 Å². The number of methoxy groups -OCH3 is 2. The van der Waals surface area contributed by atoms with Gasteiger partial charge in [0.05, 0.1) is 54.2 Å². The predicted molar refractivity (Wildman–Crippen MR) is 247 cm³/mol. The van der Waals surface area contributed by atoms with Gasteiger partial charge in [-0.05, 0) is 129 Å². The summed E-state index contributed by atoms with van der Waals surface area (Å²) in [6, 6.07) is 18.9. The van der Waals surface area contributed by atoms with Gasteiger partial charge in [-0.3, -0.25) is 0 Å². The van der Waals surface area contributed by atoms with Crippen molar-refractivity contribution in [3.05, 3.63) is 124 Å². The standard InChI is InChI=1S/C49H59N3O8S2/c1-8-35-12-20-43-41(32-35)48(2,3)45(51(43)24-26-58-30-28-56-6)22-13-36-10-9-11-37(47(36)60-39-17-15-38(16-18-39)50-34-61)14-23-46-49(4,5)42-33-40(62(53,54)55)19-21-44(42)52(46)25-27-59-31-29-57-7/h12-23,32-33H,8-11,24-31H2,1-7H3. The number of aryl methyl sites for hydroxylation is 1. The van der Waals surface area contributed by atoms with Crippen LogP contribution in [0, 0.1) is 0 Å². The van der Waals surface area contributed by atoms with Crippen molar-refractivity contribution in [3.8, 4) is 5.75 Å². The van der Waals surface area contributed by atoms with E-state index in [1.807, 2.05) is 38.1 Å². The fraction of sp³-hybridized carbons (Fsp3) is 0.429. The lowest BCUT2D eigenvalue weighted by atomic mass is 9.81. The molecule has 0 saturated carbocycles. The van der Waals surface area contributed by atoms with Crippen LogP contribution in [0.25, 0.3) is 0 Å². The summed E-state index contributed by atoms with van der Waals surface area (Å²) >= 11 is 4.84. The fourth-order valence-electron chi connectivity index (χ4n) is 8.50. The highest BCUT2D eigenvalue weighted by atomic mass is 32.2. The molecule has 11 nitrogen and oxygen atoms in total. The van der Waals surface area contributed by atoms with Crippen LogP contribution in [0.1, 0.15) is 70.6 Å². The molecule has 2 heterocycles. The Hall–Kier alpha value is -4.56. The Kier molecular flexibility index (Phi) is 15.7. The smallest absolute Gasteiger partial charge is 0.209 e. The number of ether oxygens (including phenoxy) is 5. The molecule has 0 saturated heterocycles. The highest BCUT2D eigenvalue weighted by molar-refractivity contribution is 7.85. The molecular formula is C49H59N3O8S2. The van der Waals surface area contributed by atoms with E-state index in [1.165, 1.54) is 34.6 Å². The summed E-state index contributed by atoms with van der Waals surface area (Å²) in [4.78, 5) is 6.26. The van der Waals surface area contributed by atoms with Crippen LogP contribution in [0.15, 0.2) is 117 Å². The minimum absolute atomic E-state index is 0.251. The molecule has 0 aromatic heterocycles. The zero-order valence-electron chi connectivity index (χ0n) is 37.0. The Bertz CT molecular complexity index is 2420. The topological polar surface area (TPSA) is 122 Å². The van der Waals surface area contributed by atoms with Crippen molar-refractivity contribution in [2.24, 2.45) is 4.99 Å². The number of allylic oxidation sites excluding steroid dienone is 7. The third-order valence-electron chi connectivity index (χ3n) is 11.9. The molecule has 0 amide bonds. The van der Waals surface area contributed by atoms with Crippen molar-refractivity contribution in [1.82, 2.24) is 0 Å². The van der Waals surface area contributed by atoms with Gasteiger partial charge in [0.25, 0.3) is 0 Å². The summed E-state index contributed by atoms with van der Waals surface area (Å²) in [7, 11) is -1.35. The lowest BCUT2D eigenvalue weighted by molar-refractivity contribution is -0.442.